The number of hydrogen-bond acceptors (Lipinski definition) is 3. The molecule has 0 spiro atoms. The van der Waals surface area contributed by atoms with Crippen molar-refractivity contribution in [3.8, 4) is 17.6 Å². The second-order valence-corrected chi connectivity index (χ2v) is 4.73. The van der Waals surface area contributed by atoms with Crippen LogP contribution in [0.15, 0.2) is 30.3 Å². The molecule has 1 aromatic carbocycles. The summed E-state index contributed by atoms with van der Waals surface area (Å²) in [7, 11) is 0. The van der Waals surface area contributed by atoms with Gasteiger partial charge in [0.05, 0.1) is 4.88 Å². The molecule has 19 heavy (non-hydrogen) atoms. The van der Waals surface area contributed by atoms with Gasteiger partial charge in [0.25, 0.3) is 0 Å². The van der Waals surface area contributed by atoms with E-state index in [0.717, 1.165) is 15.8 Å². The van der Waals surface area contributed by atoms with Crippen LogP contribution in [0.25, 0.3) is 0 Å². The highest BCUT2D eigenvalue weighted by molar-refractivity contribution is 7.12. The minimum absolute atomic E-state index is 0.114. The van der Waals surface area contributed by atoms with Gasteiger partial charge >= 0.3 is 0 Å². The van der Waals surface area contributed by atoms with Crippen molar-refractivity contribution in [2.45, 2.75) is 6.61 Å². The van der Waals surface area contributed by atoms with Gasteiger partial charge in [0.2, 0.25) is 5.82 Å². The standard InChI is InChI=1S/C14H10F2O2S/c15-12-4-1-5-13(14(12)16)18-9-11-7-6-10(19-11)3-2-8-17/h1,4-7,17H,8-9H2. The maximum Gasteiger partial charge on any atom is 0.200 e. The van der Waals surface area contributed by atoms with E-state index in [4.69, 9.17) is 9.84 Å². The highest BCUT2D eigenvalue weighted by atomic mass is 32.1. The summed E-state index contributed by atoms with van der Waals surface area (Å²) >= 11 is 1.38. The summed E-state index contributed by atoms with van der Waals surface area (Å²) in [5.41, 5.74) is 0. The second kappa shape index (κ2) is 6.32. The highest BCUT2D eigenvalue weighted by Gasteiger charge is 2.09. The van der Waals surface area contributed by atoms with E-state index in [9.17, 15) is 8.78 Å². The second-order valence-electron chi connectivity index (χ2n) is 3.57. The highest BCUT2D eigenvalue weighted by Crippen LogP contribution is 2.22. The van der Waals surface area contributed by atoms with E-state index >= 15 is 0 Å². The fourth-order valence-electron chi connectivity index (χ4n) is 1.39. The number of hydrogen-bond donors (Lipinski definition) is 1. The lowest BCUT2D eigenvalue weighted by Crippen LogP contribution is -1.96. The Morgan fingerprint density at radius 3 is 2.84 bits per heavy atom. The molecule has 0 unspecified atom stereocenters. The Labute approximate surface area is 113 Å². The van der Waals surface area contributed by atoms with Gasteiger partial charge in [-0.15, -0.1) is 11.3 Å². The Morgan fingerprint density at radius 1 is 1.21 bits per heavy atom. The van der Waals surface area contributed by atoms with Crippen LogP contribution in [0.1, 0.15) is 9.75 Å². The Kier molecular flexibility index (Phi) is 4.50. The van der Waals surface area contributed by atoms with Crippen LogP contribution in [0.2, 0.25) is 0 Å². The third-order valence-electron chi connectivity index (χ3n) is 2.24. The van der Waals surface area contributed by atoms with E-state index in [2.05, 4.69) is 11.8 Å². The van der Waals surface area contributed by atoms with E-state index in [1.165, 1.54) is 23.5 Å². The number of benzene rings is 1. The summed E-state index contributed by atoms with van der Waals surface area (Å²) < 4.78 is 31.5. The van der Waals surface area contributed by atoms with Gasteiger partial charge in [-0.05, 0) is 24.3 Å². The van der Waals surface area contributed by atoms with E-state index < -0.39 is 11.6 Å². The molecular weight excluding hydrogens is 270 g/mol. The summed E-state index contributed by atoms with van der Waals surface area (Å²) in [6.45, 7) is -0.0515. The molecule has 0 fully saturated rings. The van der Waals surface area contributed by atoms with Crippen molar-refractivity contribution in [1.82, 2.24) is 0 Å². The van der Waals surface area contributed by atoms with Crippen LogP contribution in [-0.2, 0) is 6.61 Å². The van der Waals surface area contributed by atoms with Crippen LogP contribution in [0.5, 0.6) is 5.75 Å². The monoisotopic (exact) mass is 280 g/mol. The molecule has 2 rings (SSSR count). The molecule has 1 heterocycles. The molecule has 0 radical (unpaired) electrons. The lowest BCUT2D eigenvalue weighted by molar-refractivity contribution is 0.287. The molecule has 0 saturated heterocycles. The van der Waals surface area contributed by atoms with Crippen molar-refractivity contribution >= 4 is 11.3 Å². The molecule has 2 nitrogen and oxygen atoms in total. The fourth-order valence-corrected chi connectivity index (χ4v) is 2.19. The van der Waals surface area contributed by atoms with Gasteiger partial charge in [-0.2, -0.15) is 4.39 Å². The molecule has 1 N–H and O–H groups in total. The quantitative estimate of drug-likeness (QED) is 0.876. The number of aliphatic hydroxyl groups is 1. The minimum Gasteiger partial charge on any atom is -0.485 e. The van der Waals surface area contributed by atoms with Crippen LogP contribution >= 0.6 is 11.3 Å². The maximum atomic E-state index is 13.3. The average Bonchev–Trinajstić information content (AvgIpc) is 2.86. The van der Waals surface area contributed by atoms with E-state index in [1.54, 1.807) is 12.1 Å². The molecule has 2 aromatic rings. The largest absolute Gasteiger partial charge is 0.485 e. The Balaban J connectivity index is 2.02. The zero-order valence-corrected chi connectivity index (χ0v) is 10.6. The zero-order chi connectivity index (χ0) is 13.7. The summed E-state index contributed by atoms with van der Waals surface area (Å²) in [4.78, 5) is 1.62. The summed E-state index contributed by atoms with van der Waals surface area (Å²) in [5.74, 6) is 3.26. The number of aliphatic hydroxyl groups excluding tert-OH is 1. The van der Waals surface area contributed by atoms with Gasteiger partial charge in [0, 0.05) is 4.88 Å². The Hall–Kier alpha value is -1.90. The molecular formula is C14H10F2O2S. The van der Waals surface area contributed by atoms with Gasteiger partial charge < -0.3 is 9.84 Å². The van der Waals surface area contributed by atoms with Crippen molar-refractivity contribution in [2.24, 2.45) is 0 Å². The number of ether oxygens (including phenoxy) is 1. The van der Waals surface area contributed by atoms with Gasteiger partial charge in [-0.1, -0.05) is 17.9 Å². The summed E-state index contributed by atoms with van der Waals surface area (Å²) in [6.07, 6.45) is 0. The fraction of sp³-hybridized carbons (Fsp3) is 0.143. The topological polar surface area (TPSA) is 29.5 Å². The summed E-state index contributed by atoms with van der Waals surface area (Å²) in [6, 6.07) is 7.38. The van der Waals surface area contributed by atoms with Gasteiger partial charge in [-0.25, -0.2) is 4.39 Å². The average molecular weight is 280 g/mol. The number of rotatable bonds is 3. The van der Waals surface area contributed by atoms with Crippen LogP contribution in [-0.4, -0.2) is 11.7 Å². The molecule has 98 valence electrons. The van der Waals surface area contributed by atoms with Gasteiger partial charge in [0.15, 0.2) is 11.6 Å². The lowest BCUT2D eigenvalue weighted by atomic mass is 10.3. The van der Waals surface area contributed by atoms with Gasteiger partial charge in [-0.3, -0.25) is 0 Å². The molecule has 0 aliphatic rings. The first-order valence-corrected chi connectivity index (χ1v) is 6.27. The minimum atomic E-state index is -0.987. The smallest absolute Gasteiger partial charge is 0.200 e. The SMILES string of the molecule is OCC#Cc1ccc(COc2cccc(F)c2F)s1. The van der Waals surface area contributed by atoms with E-state index in [1.807, 2.05) is 0 Å². The van der Waals surface area contributed by atoms with E-state index in [0.29, 0.717) is 0 Å². The van der Waals surface area contributed by atoms with Crippen LogP contribution in [0.3, 0.4) is 0 Å². The first kappa shape index (κ1) is 13.5. The maximum absolute atomic E-state index is 13.3. The first-order valence-electron chi connectivity index (χ1n) is 5.46. The van der Waals surface area contributed by atoms with Crippen molar-refractivity contribution in [2.75, 3.05) is 6.61 Å². The van der Waals surface area contributed by atoms with Crippen LogP contribution in [0, 0.1) is 23.5 Å². The molecule has 0 amide bonds. The van der Waals surface area contributed by atoms with Crippen LogP contribution in [0.4, 0.5) is 8.78 Å². The van der Waals surface area contributed by atoms with Gasteiger partial charge in [0.1, 0.15) is 13.2 Å². The van der Waals surface area contributed by atoms with E-state index in [-0.39, 0.29) is 19.0 Å². The molecule has 0 saturated carbocycles. The van der Waals surface area contributed by atoms with Crippen molar-refractivity contribution in [3.05, 3.63) is 51.7 Å². The predicted octanol–water partition coefficient (Wildman–Crippen LogP) is 2.95. The predicted molar refractivity (Wildman–Crippen MR) is 69.0 cm³/mol. The molecule has 0 atom stereocenters. The van der Waals surface area contributed by atoms with Crippen molar-refractivity contribution < 1.29 is 18.6 Å². The molecule has 1 aromatic heterocycles. The first-order chi connectivity index (χ1) is 9.20. The van der Waals surface area contributed by atoms with Crippen LogP contribution < -0.4 is 4.74 Å². The molecule has 0 aliphatic heterocycles. The lowest BCUT2D eigenvalue weighted by Gasteiger charge is -2.05. The third-order valence-corrected chi connectivity index (χ3v) is 3.21. The molecule has 5 heteroatoms. The summed E-state index contributed by atoms with van der Waals surface area (Å²) in [5, 5.41) is 8.57. The van der Waals surface area contributed by atoms with Crippen molar-refractivity contribution in [1.29, 1.82) is 0 Å². The number of halogens is 2. The molecule has 0 aliphatic carbocycles. The third kappa shape index (κ3) is 3.53. The Bertz CT molecular complexity index is 626. The van der Waals surface area contributed by atoms with Crippen molar-refractivity contribution in [3.63, 3.8) is 0 Å². The zero-order valence-electron chi connectivity index (χ0n) is 9.82. The normalized spacial score (nSPS) is 9.84. The molecule has 0 bridgehead atoms. The Morgan fingerprint density at radius 2 is 2.05 bits per heavy atom. The number of thiophene rings is 1.